The number of phenolic OH excluding ortho intramolecular Hbond substituents is 1. The van der Waals surface area contributed by atoms with Gasteiger partial charge in [0.25, 0.3) is 0 Å². The molecule has 0 spiro atoms. The maximum Gasteiger partial charge on any atom is 0.221 e. The predicted octanol–water partition coefficient (Wildman–Crippen LogP) is 4.32. The number of aromatic hydroxyl groups is 1. The van der Waals surface area contributed by atoms with Crippen molar-refractivity contribution in [2.75, 3.05) is 5.32 Å². The Morgan fingerprint density at radius 3 is 2.32 bits per heavy atom. The van der Waals surface area contributed by atoms with E-state index < -0.39 is 0 Å². The first-order valence-corrected chi connectivity index (χ1v) is 6.28. The number of halogens is 2. The summed E-state index contributed by atoms with van der Waals surface area (Å²) in [6, 6.07) is 9.73. The molecule has 1 amide bonds. The lowest BCUT2D eigenvalue weighted by atomic mass is 10.0. The Labute approximate surface area is 120 Å². The number of rotatable bonds is 2. The van der Waals surface area contributed by atoms with Crippen LogP contribution in [0.2, 0.25) is 10.0 Å². The monoisotopic (exact) mass is 295 g/mol. The highest BCUT2D eigenvalue weighted by atomic mass is 35.5. The third-order valence-corrected chi connectivity index (χ3v) is 2.92. The molecule has 0 aliphatic heterocycles. The molecule has 0 aliphatic carbocycles. The fourth-order valence-corrected chi connectivity index (χ4v) is 2.31. The Bertz CT molecular complexity index is 621. The van der Waals surface area contributed by atoms with Gasteiger partial charge in [-0.3, -0.25) is 4.79 Å². The normalized spacial score (nSPS) is 10.3. The van der Waals surface area contributed by atoms with Crippen molar-refractivity contribution < 1.29 is 9.90 Å². The zero-order valence-electron chi connectivity index (χ0n) is 10.1. The minimum Gasteiger partial charge on any atom is -0.508 e. The highest BCUT2D eigenvalue weighted by Gasteiger charge is 2.09. The molecule has 0 saturated carbocycles. The second kappa shape index (κ2) is 5.51. The lowest BCUT2D eigenvalue weighted by Crippen LogP contribution is -2.06. The van der Waals surface area contributed by atoms with Crippen molar-refractivity contribution in [3.8, 4) is 16.9 Å². The SMILES string of the molecule is CC(=O)Nc1ccc(O)cc1-c1cc(Cl)cc(Cl)c1. The fraction of sp³-hybridized carbons (Fsp3) is 0.0714. The number of nitrogens with one attached hydrogen (secondary N) is 1. The minimum absolute atomic E-state index is 0.0974. The molecule has 0 heterocycles. The third kappa shape index (κ3) is 3.40. The van der Waals surface area contributed by atoms with Crippen LogP contribution < -0.4 is 5.32 Å². The molecule has 0 saturated heterocycles. The number of hydrogen-bond donors (Lipinski definition) is 2. The Morgan fingerprint density at radius 1 is 1.11 bits per heavy atom. The molecule has 3 nitrogen and oxygen atoms in total. The van der Waals surface area contributed by atoms with Crippen LogP contribution in [-0.2, 0) is 4.79 Å². The lowest BCUT2D eigenvalue weighted by Gasteiger charge is -2.11. The van der Waals surface area contributed by atoms with Gasteiger partial charge in [-0.25, -0.2) is 0 Å². The van der Waals surface area contributed by atoms with E-state index in [-0.39, 0.29) is 11.7 Å². The van der Waals surface area contributed by atoms with E-state index in [1.807, 2.05) is 0 Å². The van der Waals surface area contributed by atoms with Crippen molar-refractivity contribution in [2.45, 2.75) is 6.92 Å². The first-order chi connectivity index (χ1) is 8.95. The Balaban J connectivity index is 2.58. The summed E-state index contributed by atoms with van der Waals surface area (Å²) < 4.78 is 0. The number of anilines is 1. The molecule has 19 heavy (non-hydrogen) atoms. The standard InChI is InChI=1S/C14H11Cl2NO2/c1-8(18)17-14-3-2-12(19)7-13(14)9-4-10(15)6-11(16)5-9/h2-7,19H,1H3,(H,17,18). The fourth-order valence-electron chi connectivity index (χ4n) is 1.78. The van der Waals surface area contributed by atoms with Crippen molar-refractivity contribution in [1.82, 2.24) is 0 Å². The number of hydrogen-bond acceptors (Lipinski definition) is 2. The second-order valence-corrected chi connectivity index (χ2v) is 4.94. The molecule has 2 aromatic carbocycles. The van der Waals surface area contributed by atoms with Crippen LogP contribution in [0.5, 0.6) is 5.75 Å². The summed E-state index contributed by atoms with van der Waals surface area (Å²) in [6.45, 7) is 1.42. The molecule has 0 fully saturated rings. The molecule has 2 aromatic rings. The van der Waals surface area contributed by atoms with Gasteiger partial charge < -0.3 is 10.4 Å². The van der Waals surface area contributed by atoms with Gasteiger partial charge in [-0.15, -0.1) is 0 Å². The summed E-state index contributed by atoms with van der Waals surface area (Å²) in [5.74, 6) is -0.0970. The van der Waals surface area contributed by atoms with E-state index in [1.54, 1.807) is 30.3 Å². The van der Waals surface area contributed by atoms with Crippen molar-refractivity contribution in [3.05, 3.63) is 46.4 Å². The van der Waals surface area contributed by atoms with Crippen LogP contribution in [-0.4, -0.2) is 11.0 Å². The Hall–Kier alpha value is -1.71. The number of benzene rings is 2. The van der Waals surface area contributed by atoms with E-state index in [2.05, 4.69) is 5.32 Å². The molecule has 0 aromatic heterocycles. The summed E-state index contributed by atoms with van der Waals surface area (Å²) in [4.78, 5) is 11.2. The summed E-state index contributed by atoms with van der Waals surface area (Å²) in [6.07, 6.45) is 0. The first kappa shape index (κ1) is 13.7. The maximum atomic E-state index is 11.2. The molecule has 2 rings (SSSR count). The third-order valence-electron chi connectivity index (χ3n) is 2.49. The Morgan fingerprint density at radius 2 is 1.74 bits per heavy atom. The van der Waals surface area contributed by atoms with Crippen LogP contribution in [0.1, 0.15) is 6.92 Å². The van der Waals surface area contributed by atoms with Gasteiger partial charge in [0.1, 0.15) is 5.75 Å². The van der Waals surface area contributed by atoms with Crippen molar-refractivity contribution in [2.24, 2.45) is 0 Å². The van der Waals surface area contributed by atoms with E-state index >= 15 is 0 Å². The van der Waals surface area contributed by atoms with Crippen LogP contribution in [0.25, 0.3) is 11.1 Å². The number of carbonyl (C=O) groups is 1. The predicted molar refractivity (Wildman–Crippen MR) is 77.9 cm³/mol. The molecule has 98 valence electrons. The topological polar surface area (TPSA) is 49.3 Å². The second-order valence-electron chi connectivity index (χ2n) is 4.07. The molecule has 0 radical (unpaired) electrons. The molecule has 5 heteroatoms. The highest BCUT2D eigenvalue weighted by molar-refractivity contribution is 6.35. The Kier molecular flexibility index (Phi) is 3.98. The van der Waals surface area contributed by atoms with E-state index in [0.29, 0.717) is 21.3 Å². The van der Waals surface area contributed by atoms with Gasteiger partial charge in [0.05, 0.1) is 0 Å². The molecule has 2 N–H and O–H groups in total. The molecular formula is C14H11Cl2NO2. The minimum atomic E-state index is -0.194. The van der Waals surface area contributed by atoms with Crippen LogP contribution in [0.4, 0.5) is 5.69 Å². The van der Waals surface area contributed by atoms with Crippen molar-refractivity contribution >= 4 is 34.8 Å². The smallest absolute Gasteiger partial charge is 0.221 e. The highest BCUT2D eigenvalue weighted by Crippen LogP contribution is 2.34. The lowest BCUT2D eigenvalue weighted by molar-refractivity contribution is -0.114. The van der Waals surface area contributed by atoms with Crippen molar-refractivity contribution in [1.29, 1.82) is 0 Å². The van der Waals surface area contributed by atoms with Crippen molar-refractivity contribution in [3.63, 3.8) is 0 Å². The average molecular weight is 296 g/mol. The van der Waals surface area contributed by atoms with E-state index in [4.69, 9.17) is 23.2 Å². The summed E-state index contributed by atoms with van der Waals surface area (Å²) in [7, 11) is 0. The van der Waals surface area contributed by atoms with Crippen LogP contribution in [0.3, 0.4) is 0 Å². The zero-order valence-corrected chi connectivity index (χ0v) is 11.6. The summed E-state index contributed by atoms with van der Waals surface area (Å²) >= 11 is 11.9. The van der Waals surface area contributed by atoms with Crippen LogP contribution in [0, 0.1) is 0 Å². The molecule has 0 aliphatic rings. The van der Waals surface area contributed by atoms with E-state index in [0.717, 1.165) is 5.56 Å². The van der Waals surface area contributed by atoms with E-state index in [1.165, 1.54) is 13.0 Å². The van der Waals surface area contributed by atoms with Crippen LogP contribution in [0.15, 0.2) is 36.4 Å². The first-order valence-electron chi connectivity index (χ1n) is 5.53. The molecular weight excluding hydrogens is 285 g/mol. The quantitative estimate of drug-likeness (QED) is 0.811. The maximum absolute atomic E-state index is 11.2. The largest absolute Gasteiger partial charge is 0.508 e. The van der Waals surface area contributed by atoms with Gasteiger partial charge in [-0.2, -0.15) is 0 Å². The van der Waals surface area contributed by atoms with Gasteiger partial charge in [0.15, 0.2) is 0 Å². The van der Waals surface area contributed by atoms with Crippen LogP contribution >= 0.6 is 23.2 Å². The average Bonchev–Trinajstić information content (AvgIpc) is 2.29. The van der Waals surface area contributed by atoms with Gasteiger partial charge in [0.2, 0.25) is 5.91 Å². The van der Waals surface area contributed by atoms with Gasteiger partial charge >= 0.3 is 0 Å². The number of amides is 1. The van der Waals surface area contributed by atoms with Gasteiger partial charge in [-0.05, 0) is 42.0 Å². The summed E-state index contributed by atoms with van der Waals surface area (Å²) in [5.41, 5.74) is 1.96. The molecule has 0 bridgehead atoms. The number of carbonyl (C=O) groups excluding carboxylic acids is 1. The zero-order chi connectivity index (χ0) is 14.0. The number of phenols is 1. The van der Waals surface area contributed by atoms with Gasteiger partial charge in [-0.1, -0.05) is 23.2 Å². The molecule has 0 unspecified atom stereocenters. The summed E-state index contributed by atoms with van der Waals surface area (Å²) in [5, 5.41) is 13.3. The van der Waals surface area contributed by atoms with Gasteiger partial charge in [0, 0.05) is 28.2 Å². The molecule has 0 atom stereocenters. The van der Waals surface area contributed by atoms with E-state index in [9.17, 15) is 9.90 Å².